The highest BCUT2D eigenvalue weighted by Gasteiger charge is 2.45. The quantitative estimate of drug-likeness (QED) is 0.133. The molecule has 9 rings (SSSR count). The van der Waals surface area contributed by atoms with E-state index in [-0.39, 0.29) is 67.6 Å². The Morgan fingerprint density at radius 2 is 1.03 bits per heavy atom. The van der Waals surface area contributed by atoms with Crippen molar-refractivity contribution in [2.75, 3.05) is 13.1 Å². The number of hydrogen-bond donors (Lipinski definition) is 6. The maximum Gasteiger partial charge on any atom is 0.251 e. The predicted molar refractivity (Wildman–Crippen MR) is 259 cm³/mol. The molecule has 0 aromatic heterocycles. The maximum atomic E-state index is 14.1. The van der Waals surface area contributed by atoms with Gasteiger partial charge in [0.1, 0.15) is 18.1 Å². The summed E-state index contributed by atoms with van der Waals surface area (Å²) >= 11 is 0. The van der Waals surface area contributed by atoms with Gasteiger partial charge >= 0.3 is 0 Å². The zero-order chi connectivity index (χ0) is 47.3. The van der Waals surface area contributed by atoms with E-state index in [0.29, 0.717) is 11.1 Å². The normalized spacial score (nSPS) is 25.8. The zero-order valence-corrected chi connectivity index (χ0v) is 39.1. The Morgan fingerprint density at radius 3 is 1.53 bits per heavy atom. The number of aryl methyl sites for hydroxylation is 2. The molecule has 8 N–H and O–H groups in total. The Bertz CT molecular complexity index is 2400. The van der Waals surface area contributed by atoms with Gasteiger partial charge in [-0.2, -0.15) is 0 Å². The minimum absolute atomic E-state index is 0.0537. The van der Waals surface area contributed by atoms with Crippen molar-refractivity contribution in [1.82, 2.24) is 31.1 Å². The van der Waals surface area contributed by atoms with Gasteiger partial charge in [-0.3, -0.25) is 28.8 Å². The molecule has 2 heterocycles. The van der Waals surface area contributed by atoms with Crippen LogP contribution >= 0.6 is 0 Å². The first-order valence-electron chi connectivity index (χ1n) is 25.3. The van der Waals surface area contributed by atoms with Crippen molar-refractivity contribution in [2.24, 2.45) is 17.4 Å². The van der Waals surface area contributed by atoms with Crippen LogP contribution in [-0.2, 0) is 32.0 Å². The highest BCUT2D eigenvalue weighted by atomic mass is 16.2. The molecule has 14 nitrogen and oxygen atoms in total. The summed E-state index contributed by atoms with van der Waals surface area (Å²) in [7, 11) is 0. The van der Waals surface area contributed by atoms with Gasteiger partial charge in [-0.15, -0.1) is 0 Å². The molecule has 0 spiro atoms. The smallest absolute Gasteiger partial charge is 0.251 e. The molecule has 68 heavy (non-hydrogen) atoms. The summed E-state index contributed by atoms with van der Waals surface area (Å²) in [6.45, 7) is 0.284. The summed E-state index contributed by atoms with van der Waals surface area (Å²) in [6, 6.07) is 18.0. The van der Waals surface area contributed by atoms with Crippen LogP contribution in [0.4, 0.5) is 0 Å². The molecule has 3 aromatic rings. The minimum Gasteiger partial charge on any atom is -0.347 e. The second-order valence-corrected chi connectivity index (χ2v) is 20.1. The average molecular weight is 925 g/mol. The van der Waals surface area contributed by atoms with Crippen molar-refractivity contribution in [2.45, 2.75) is 157 Å². The molecule has 3 fully saturated rings. The first-order valence-corrected chi connectivity index (χ1v) is 25.3. The summed E-state index contributed by atoms with van der Waals surface area (Å²) in [6.07, 6.45) is 16.5. The van der Waals surface area contributed by atoms with Gasteiger partial charge in [0.15, 0.2) is 0 Å². The number of amides is 6. The van der Waals surface area contributed by atoms with Crippen LogP contribution in [0.2, 0.25) is 0 Å². The second-order valence-electron chi connectivity index (χ2n) is 20.1. The van der Waals surface area contributed by atoms with Crippen LogP contribution in [0.1, 0.15) is 151 Å². The number of nitrogens with zero attached hydrogens (tertiary/aromatic N) is 2. The molecule has 2 aliphatic heterocycles. The Kier molecular flexibility index (Phi) is 14.7. The van der Waals surface area contributed by atoms with Gasteiger partial charge in [-0.25, -0.2) is 0 Å². The lowest BCUT2D eigenvalue weighted by atomic mass is 9.83. The Balaban J connectivity index is 0.849. The molecule has 3 aromatic carbocycles. The number of carbonyl (C=O) groups excluding carboxylic acids is 6. The first-order chi connectivity index (χ1) is 33.0. The van der Waals surface area contributed by atoms with E-state index < -0.39 is 48.1 Å². The number of nitrogens with one attached hydrogen (secondary N) is 4. The molecule has 6 aliphatic rings. The topological polar surface area (TPSA) is 209 Å². The highest BCUT2D eigenvalue weighted by Crippen LogP contribution is 2.34. The Hall–Kier alpha value is -5.86. The van der Waals surface area contributed by atoms with Gasteiger partial charge in [0, 0.05) is 36.3 Å². The van der Waals surface area contributed by atoms with Crippen molar-refractivity contribution in [3.63, 3.8) is 0 Å². The molecule has 4 aliphatic carbocycles. The summed E-state index contributed by atoms with van der Waals surface area (Å²) < 4.78 is 0. The summed E-state index contributed by atoms with van der Waals surface area (Å²) in [5, 5.41) is 12.6. The number of fused-ring (bicyclic) bond motifs is 2. The van der Waals surface area contributed by atoms with Crippen LogP contribution in [0.25, 0.3) is 0 Å². The Labute approximate surface area is 399 Å². The van der Waals surface area contributed by atoms with Crippen LogP contribution < -0.4 is 32.7 Å². The molecule has 8 atom stereocenters. The Morgan fingerprint density at radius 1 is 0.529 bits per heavy atom. The van der Waals surface area contributed by atoms with Crippen molar-refractivity contribution < 1.29 is 28.8 Å². The van der Waals surface area contributed by atoms with Crippen molar-refractivity contribution in [3.05, 3.63) is 118 Å². The third-order valence-electron chi connectivity index (χ3n) is 15.7. The van der Waals surface area contributed by atoms with Crippen molar-refractivity contribution >= 4 is 35.4 Å². The average Bonchev–Trinajstić information content (AvgIpc) is 4.01. The molecule has 0 unspecified atom stereocenters. The standard InChI is InChI=1S/C54H68N8O6/c55-47(35-15-3-1-4-16-35)53(67)61-31-39(29-45(61)51(65)59-43-23-11-19-33-13-7-9-21-41(33)43)57-49(63)37-25-27-38(28-26-37)50(64)58-40-30-46(62(32-40)54(68)48(56)36-17-5-2-6-18-36)52(66)60-44-24-12-20-34-14-8-10-22-42(34)44/h7-10,13-15,21-22,25-28,36,39-40,43-48H,1-6,11-12,16-20,23-24,29-32,55-56H2,(H,57,63)(H,58,64)(H,59,65)(H,60,66)/t39-,40-,43+,44+,45-,46-,47-,48-/m0/s1. The first kappa shape index (κ1) is 47.2. The number of nitrogens with two attached hydrogens (primary N) is 2. The third kappa shape index (κ3) is 10.4. The minimum atomic E-state index is -0.858. The molecule has 0 bridgehead atoms. The van der Waals surface area contributed by atoms with E-state index in [4.69, 9.17) is 11.5 Å². The van der Waals surface area contributed by atoms with E-state index in [1.165, 1.54) is 11.1 Å². The molecule has 2 saturated heterocycles. The van der Waals surface area contributed by atoms with Crippen LogP contribution in [0.3, 0.4) is 0 Å². The maximum absolute atomic E-state index is 14.1. The third-order valence-corrected chi connectivity index (χ3v) is 15.7. The molecule has 0 radical (unpaired) electrons. The van der Waals surface area contributed by atoms with Gasteiger partial charge in [-0.05, 0) is 148 Å². The molecule has 360 valence electrons. The van der Waals surface area contributed by atoms with Crippen molar-refractivity contribution in [1.29, 1.82) is 0 Å². The van der Waals surface area contributed by atoms with Crippen LogP contribution in [-0.4, -0.2) is 94.6 Å². The predicted octanol–water partition coefficient (Wildman–Crippen LogP) is 5.21. The number of carbonyl (C=O) groups is 6. The SMILES string of the molecule is N[C@H](C(=O)N1C[C@@H](NC(=O)c2ccc(C(=O)N[C@H]3C[C@@H](C(=O)N[C@@H]4CCCc5ccccc54)N(C(=O)[C@@H](N)C4CCCCC4)C3)cc2)C[C@H]1C(=O)N[C@@H]1CCCc2ccccc21)C1=CCCCC1. The fraction of sp³-hybridized carbons (Fsp3) is 0.519. The molecular formula is C54H68N8O6. The fourth-order valence-electron chi connectivity index (χ4n) is 11.9. The number of benzene rings is 3. The summed E-state index contributed by atoms with van der Waals surface area (Å²) in [4.78, 5) is 87.2. The van der Waals surface area contributed by atoms with Gasteiger partial charge in [0.05, 0.1) is 18.1 Å². The summed E-state index contributed by atoms with van der Waals surface area (Å²) in [5.41, 5.74) is 19.4. The van der Waals surface area contributed by atoms with Crippen LogP contribution in [0.5, 0.6) is 0 Å². The van der Waals surface area contributed by atoms with Gasteiger partial charge in [0.2, 0.25) is 23.6 Å². The lowest BCUT2D eigenvalue weighted by Gasteiger charge is -2.33. The molecule has 14 heteroatoms. The van der Waals surface area contributed by atoms with Crippen LogP contribution in [0.15, 0.2) is 84.4 Å². The summed E-state index contributed by atoms with van der Waals surface area (Å²) in [5.74, 6) is -1.82. The van der Waals surface area contributed by atoms with E-state index >= 15 is 0 Å². The molecular weight excluding hydrogens is 857 g/mol. The van der Waals surface area contributed by atoms with Crippen LogP contribution in [0, 0.1) is 5.92 Å². The van der Waals surface area contributed by atoms with Crippen molar-refractivity contribution in [3.8, 4) is 0 Å². The lowest BCUT2D eigenvalue weighted by molar-refractivity contribution is -0.140. The van der Waals surface area contributed by atoms with E-state index in [1.54, 1.807) is 34.1 Å². The van der Waals surface area contributed by atoms with E-state index in [9.17, 15) is 28.8 Å². The van der Waals surface area contributed by atoms with E-state index in [0.717, 1.165) is 113 Å². The lowest BCUT2D eigenvalue weighted by Crippen LogP contribution is -2.54. The molecule has 1 saturated carbocycles. The van der Waals surface area contributed by atoms with E-state index in [2.05, 4.69) is 39.5 Å². The van der Waals surface area contributed by atoms with Gasteiger partial charge in [-0.1, -0.05) is 73.9 Å². The largest absolute Gasteiger partial charge is 0.347 e. The highest BCUT2D eigenvalue weighted by molar-refractivity contribution is 5.99. The number of hydrogen-bond acceptors (Lipinski definition) is 8. The molecule has 6 amide bonds. The van der Waals surface area contributed by atoms with Gasteiger partial charge in [0.25, 0.3) is 11.8 Å². The van der Waals surface area contributed by atoms with Gasteiger partial charge < -0.3 is 42.5 Å². The number of rotatable bonds is 12. The van der Waals surface area contributed by atoms with E-state index in [1.807, 2.05) is 36.4 Å². The monoisotopic (exact) mass is 925 g/mol. The number of likely N-dealkylation sites (tertiary alicyclic amines) is 2. The number of allylic oxidation sites excluding steroid dienone is 1. The fourth-order valence-corrected chi connectivity index (χ4v) is 11.9. The zero-order valence-electron chi connectivity index (χ0n) is 39.1. The second kappa shape index (κ2) is 21.2.